The van der Waals surface area contributed by atoms with Crippen LogP contribution >= 0.6 is 0 Å². The molecular formula is C13H27NO2. The van der Waals surface area contributed by atoms with E-state index in [1.54, 1.807) is 0 Å². The van der Waals surface area contributed by atoms with E-state index in [0.717, 1.165) is 32.2 Å². The van der Waals surface area contributed by atoms with Crippen molar-refractivity contribution >= 4 is 5.97 Å². The minimum Gasteiger partial charge on any atom is -0.468 e. The van der Waals surface area contributed by atoms with Gasteiger partial charge < -0.3 is 10.1 Å². The van der Waals surface area contributed by atoms with Crippen LogP contribution in [0, 0.1) is 5.41 Å². The Hall–Kier alpha value is -0.570. The van der Waals surface area contributed by atoms with Gasteiger partial charge in [0.05, 0.1) is 7.11 Å². The van der Waals surface area contributed by atoms with Gasteiger partial charge in [-0.2, -0.15) is 0 Å². The average molecular weight is 229 g/mol. The molecule has 3 heteroatoms. The summed E-state index contributed by atoms with van der Waals surface area (Å²) in [6.07, 6.45) is 4.09. The number of hydrogen-bond donors (Lipinski definition) is 1. The first-order chi connectivity index (χ1) is 7.40. The van der Waals surface area contributed by atoms with Crippen molar-refractivity contribution < 1.29 is 9.53 Å². The van der Waals surface area contributed by atoms with Crippen molar-refractivity contribution in [3.8, 4) is 0 Å². The molecule has 0 saturated heterocycles. The van der Waals surface area contributed by atoms with Crippen LogP contribution in [0.2, 0.25) is 0 Å². The van der Waals surface area contributed by atoms with Crippen LogP contribution in [0.5, 0.6) is 0 Å². The number of esters is 1. The lowest BCUT2D eigenvalue weighted by atomic mass is 9.92. The molecule has 0 spiro atoms. The molecule has 0 aliphatic heterocycles. The maximum atomic E-state index is 11.5. The topological polar surface area (TPSA) is 38.3 Å². The molecule has 0 aromatic heterocycles. The molecule has 0 bridgehead atoms. The lowest BCUT2D eigenvalue weighted by Gasteiger charge is -2.21. The third-order valence-electron chi connectivity index (χ3n) is 2.60. The van der Waals surface area contributed by atoms with Gasteiger partial charge in [0, 0.05) is 0 Å². The van der Waals surface area contributed by atoms with Crippen molar-refractivity contribution in [1.82, 2.24) is 5.32 Å². The molecule has 1 N–H and O–H groups in total. The summed E-state index contributed by atoms with van der Waals surface area (Å²) in [5.74, 6) is -0.137. The summed E-state index contributed by atoms with van der Waals surface area (Å²) in [7, 11) is 1.45. The second-order valence-electron chi connectivity index (χ2n) is 5.48. The SMILES string of the molecule is CCCCC(NCCC(C)(C)C)C(=O)OC. The number of ether oxygens (including phenoxy) is 1. The first kappa shape index (κ1) is 15.4. The third kappa shape index (κ3) is 7.69. The fourth-order valence-electron chi connectivity index (χ4n) is 1.48. The van der Waals surface area contributed by atoms with Gasteiger partial charge in [0.15, 0.2) is 0 Å². The van der Waals surface area contributed by atoms with Crippen molar-refractivity contribution in [1.29, 1.82) is 0 Å². The van der Waals surface area contributed by atoms with Gasteiger partial charge in [-0.1, -0.05) is 40.5 Å². The van der Waals surface area contributed by atoms with E-state index in [1.165, 1.54) is 7.11 Å². The summed E-state index contributed by atoms with van der Waals surface area (Å²) in [6.45, 7) is 9.60. The highest BCUT2D eigenvalue weighted by atomic mass is 16.5. The van der Waals surface area contributed by atoms with E-state index in [0.29, 0.717) is 5.41 Å². The number of carbonyl (C=O) groups excluding carboxylic acids is 1. The number of nitrogens with one attached hydrogen (secondary N) is 1. The molecule has 0 aromatic rings. The van der Waals surface area contributed by atoms with Crippen LogP contribution in [0.25, 0.3) is 0 Å². The summed E-state index contributed by atoms with van der Waals surface area (Å²) >= 11 is 0. The van der Waals surface area contributed by atoms with Crippen LogP contribution < -0.4 is 5.32 Å². The summed E-state index contributed by atoms with van der Waals surface area (Å²) in [5, 5.41) is 3.29. The Bertz CT molecular complexity index is 197. The number of carbonyl (C=O) groups is 1. The van der Waals surface area contributed by atoms with E-state index in [2.05, 4.69) is 33.0 Å². The molecule has 96 valence electrons. The zero-order valence-electron chi connectivity index (χ0n) is 11.4. The number of unbranched alkanes of at least 4 members (excludes halogenated alkanes) is 1. The quantitative estimate of drug-likeness (QED) is 0.682. The zero-order chi connectivity index (χ0) is 12.6. The molecule has 0 aromatic carbocycles. The van der Waals surface area contributed by atoms with Gasteiger partial charge in [-0.15, -0.1) is 0 Å². The Morgan fingerprint density at radius 3 is 2.44 bits per heavy atom. The first-order valence-corrected chi connectivity index (χ1v) is 6.22. The molecular weight excluding hydrogens is 202 g/mol. The standard InChI is InChI=1S/C13H27NO2/c1-6-7-8-11(12(15)16-5)14-10-9-13(2,3)4/h11,14H,6-10H2,1-5H3. The molecule has 0 radical (unpaired) electrons. The number of rotatable bonds is 7. The second kappa shape index (κ2) is 7.66. The smallest absolute Gasteiger partial charge is 0.322 e. The molecule has 0 amide bonds. The largest absolute Gasteiger partial charge is 0.468 e. The third-order valence-corrected chi connectivity index (χ3v) is 2.60. The van der Waals surface area contributed by atoms with Gasteiger partial charge in [-0.25, -0.2) is 0 Å². The molecule has 1 atom stereocenters. The predicted octanol–water partition coefficient (Wildman–Crippen LogP) is 2.74. The summed E-state index contributed by atoms with van der Waals surface area (Å²) < 4.78 is 4.79. The normalized spacial score (nSPS) is 13.6. The molecule has 0 fully saturated rings. The van der Waals surface area contributed by atoms with Crippen molar-refractivity contribution in [2.75, 3.05) is 13.7 Å². The molecule has 0 rings (SSSR count). The van der Waals surface area contributed by atoms with Crippen LogP contribution in [0.15, 0.2) is 0 Å². The van der Waals surface area contributed by atoms with E-state index < -0.39 is 0 Å². The summed E-state index contributed by atoms with van der Waals surface area (Å²) in [5.41, 5.74) is 0.304. The fourth-order valence-corrected chi connectivity index (χ4v) is 1.48. The van der Waals surface area contributed by atoms with E-state index in [-0.39, 0.29) is 12.0 Å². The zero-order valence-corrected chi connectivity index (χ0v) is 11.4. The Kier molecular flexibility index (Phi) is 7.39. The first-order valence-electron chi connectivity index (χ1n) is 6.22. The summed E-state index contributed by atoms with van der Waals surface area (Å²) in [6, 6.07) is -0.132. The molecule has 1 unspecified atom stereocenters. The maximum absolute atomic E-state index is 11.5. The predicted molar refractivity (Wildman–Crippen MR) is 67.4 cm³/mol. The van der Waals surface area contributed by atoms with Gasteiger partial charge in [-0.3, -0.25) is 4.79 Å². The summed E-state index contributed by atoms with van der Waals surface area (Å²) in [4.78, 5) is 11.5. The van der Waals surface area contributed by atoms with Gasteiger partial charge in [0.2, 0.25) is 0 Å². The van der Waals surface area contributed by atoms with Crippen molar-refractivity contribution in [3.63, 3.8) is 0 Å². The van der Waals surface area contributed by atoms with Crippen LogP contribution in [0.1, 0.15) is 53.4 Å². The fraction of sp³-hybridized carbons (Fsp3) is 0.923. The van der Waals surface area contributed by atoms with E-state index in [4.69, 9.17) is 4.74 Å². The molecule has 16 heavy (non-hydrogen) atoms. The van der Waals surface area contributed by atoms with Crippen LogP contribution in [-0.4, -0.2) is 25.7 Å². The van der Waals surface area contributed by atoms with E-state index in [1.807, 2.05) is 0 Å². The number of hydrogen-bond acceptors (Lipinski definition) is 3. The maximum Gasteiger partial charge on any atom is 0.322 e. The second-order valence-corrected chi connectivity index (χ2v) is 5.48. The monoisotopic (exact) mass is 229 g/mol. The molecule has 0 aliphatic carbocycles. The molecule has 0 heterocycles. The van der Waals surface area contributed by atoms with Gasteiger partial charge in [-0.05, 0) is 24.8 Å². The average Bonchev–Trinajstić information content (AvgIpc) is 2.20. The van der Waals surface area contributed by atoms with Crippen molar-refractivity contribution in [2.45, 2.75) is 59.4 Å². The van der Waals surface area contributed by atoms with Crippen molar-refractivity contribution in [3.05, 3.63) is 0 Å². The molecule has 0 aliphatic rings. The molecule has 3 nitrogen and oxygen atoms in total. The lowest BCUT2D eigenvalue weighted by Crippen LogP contribution is -2.39. The highest BCUT2D eigenvalue weighted by Crippen LogP contribution is 2.17. The van der Waals surface area contributed by atoms with Gasteiger partial charge in [0.25, 0.3) is 0 Å². The van der Waals surface area contributed by atoms with E-state index in [9.17, 15) is 4.79 Å². The Morgan fingerprint density at radius 1 is 1.38 bits per heavy atom. The minimum atomic E-state index is -0.137. The van der Waals surface area contributed by atoms with E-state index >= 15 is 0 Å². The molecule has 0 saturated carbocycles. The highest BCUT2D eigenvalue weighted by molar-refractivity contribution is 5.75. The van der Waals surface area contributed by atoms with Crippen LogP contribution in [-0.2, 0) is 9.53 Å². The van der Waals surface area contributed by atoms with Gasteiger partial charge in [0.1, 0.15) is 6.04 Å². The van der Waals surface area contributed by atoms with Gasteiger partial charge >= 0.3 is 5.97 Å². The highest BCUT2D eigenvalue weighted by Gasteiger charge is 2.18. The lowest BCUT2D eigenvalue weighted by molar-refractivity contribution is -0.143. The minimum absolute atomic E-state index is 0.132. The van der Waals surface area contributed by atoms with Crippen molar-refractivity contribution in [2.24, 2.45) is 5.41 Å². The Morgan fingerprint density at radius 2 is 2.00 bits per heavy atom. The number of methoxy groups -OCH3 is 1. The van der Waals surface area contributed by atoms with Crippen LogP contribution in [0.4, 0.5) is 0 Å². The van der Waals surface area contributed by atoms with Crippen LogP contribution in [0.3, 0.4) is 0 Å². The Labute approximate surface area is 99.9 Å². The Balaban J connectivity index is 3.96.